The molecule has 0 unspecified atom stereocenters. The normalized spacial score (nSPS) is 17.2. The number of nitrogens with zero attached hydrogens (tertiary/aromatic N) is 2. The molecule has 0 bridgehead atoms. The molecule has 0 saturated carbocycles. The predicted octanol–water partition coefficient (Wildman–Crippen LogP) is 1.48. The van der Waals surface area contributed by atoms with Crippen LogP contribution in [-0.4, -0.2) is 55.0 Å². The van der Waals surface area contributed by atoms with Crippen LogP contribution in [0.5, 0.6) is 0 Å². The zero-order chi connectivity index (χ0) is 14.4. The Labute approximate surface area is 129 Å². The third kappa shape index (κ3) is 4.89. The van der Waals surface area contributed by atoms with Crippen LogP contribution >= 0.6 is 15.9 Å². The number of carbonyl (C=O) groups is 1. The van der Waals surface area contributed by atoms with Crippen molar-refractivity contribution in [2.45, 2.75) is 12.8 Å². The quantitative estimate of drug-likeness (QED) is 0.854. The molecule has 20 heavy (non-hydrogen) atoms. The number of hydrogen-bond donors (Lipinski definition) is 1. The van der Waals surface area contributed by atoms with Crippen LogP contribution in [0, 0.1) is 0 Å². The Balaban J connectivity index is 1.66. The van der Waals surface area contributed by atoms with E-state index >= 15 is 0 Å². The van der Waals surface area contributed by atoms with Crippen molar-refractivity contribution in [3.8, 4) is 0 Å². The lowest BCUT2D eigenvalue weighted by Crippen LogP contribution is -2.48. The third-order valence-electron chi connectivity index (χ3n) is 3.72. The maximum Gasteiger partial charge on any atom is 0.231 e. The number of carbonyl (C=O) groups excluding carboxylic acids is 1. The van der Waals surface area contributed by atoms with E-state index < -0.39 is 0 Å². The first-order chi connectivity index (χ1) is 9.65. The molecule has 1 aliphatic heterocycles. The van der Waals surface area contributed by atoms with Crippen LogP contribution in [0.15, 0.2) is 28.7 Å². The van der Waals surface area contributed by atoms with Gasteiger partial charge < -0.3 is 10.6 Å². The molecule has 0 aliphatic carbocycles. The lowest BCUT2D eigenvalue weighted by Gasteiger charge is -2.33. The summed E-state index contributed by atoms with van der Waals surface area (Å²) < 4.78 is 1.20. The summed E-state index contributed by atoms with van der Waals surface area (Å²) in [5.41, 5.74) is 6.59. The van der Waals surface area contributed by atoms with Crippen LogP contribution in [0.1, 0.15) is 12.0 Å². The van der Waals surface area contributed by atoms with Gasteiger partial charge in [-0.1, -0.05) is 34.1 Å². The van der Waals surface area contributed by atoms with Crippen molar-refractivity contribution in [1.29, 1.82) is 0 Å². The fourth-order valence-electron chi connectivity index (χ4n) is 2.59. The predicted molar refractivity (Wildman–Crippen MR) is 84.5 cm³/mol. The number of rotatable bonds is 6. The lowest BCUT2D eigenvalue weighted by atomic mass is 10.1. The molecule has 2 N–H and O–H groups in total. The Bertz CT molecular complexity index is 444. The second-order valence-electron chi connectivity index (χ2n) is 5.28. The Kier molecular flexibility index (Phi) is 6.01. The molecule has 0 aromatic heterocycles. The average molecular weight is 340 g/mol. The van der Waals surface area contributed by atoms with Crippen LogP contribution in [0.2, 0.25) is 0 Å². The summed E-state index contributed by atoms with van der Waals surface area (Å²) in [4.78, 5) is 15.5. The Morgan fingerprint density at radius 3 is 2.45 bits per heavy atom. The molecule has 4 nitrogen and oxygen atoms in total. The third-order valence-corrected chi connectivity index (χ3v) is 4.50. The van der Waals surface area contributed by atoms with Crippen molar-refractivity contribution in [2.24, 2.45) is 5.73 Å². The number of nitrogens with two attached hydrogens (primary N) is 1. The molecule has 2 rings (SSSR count). The Morgan fingerprint density at radius 1 is 1.15 bits per heavy atom. The largest absolute Gasteiger partial charge is 0.369 e. The van der Waals surface area contributed by atoms with Gasteiger partial charge >= 0.3 is 0 Å². The summed E-state index contributed by atoms with van der Waals surface area (Å²) in [7, 11) is 0. The molecule has 1 heterocycles. The van der Waals surface area contributed by atoms with E-state index in [9.17, 15) is 4.79 Å². The highest BCUT2D eigenvalue weighted by molar-refractivity contribution is 9.10. The molecular weight excluding hydrogens is 318 g/mol. The van der Waals surface area contributed by atoms with E-state index in [4.69, 9.17) is 5.73 Å². The number of hydrogen-bond acceptors (Lipinski definition) is 3. The maximum atomic E-state index is 10.9. The first-order valence-electron chi connectivity index (χ1n) is 7.11. The molecule has 1 amide bonds. The van der Waals surface area contributed by atoms with Crippen LogP contribution < -0.4 is 5.73 Å². The summed E-state index contributed by atoms with van der Waals surface area (Å²) in [6, 6.07) is 8.40. The van der Waals surface area contributed by atoms with Gasteiger partial charge in [0.05, 0.1) is 6.54 Å². The van der Waals surface area contributed by atoms with E-state index in [1.54, 1.807) is 0 Å². The lowest BCUT2D eigenvalue weighted by molar-refractivity contribution is -0.119. The minimum Gasteiger partial charge on any atom is -0.369 e. The van der Waals surface area contributed by atoms with Crippen molar-refractivity contribution in [3.63, 3.8) is 0 Å². The Morgan fingerprint density at radius 2 is 1.80 bits per heavy atom. The van der Waals surface area contributed by atoms with E-state index in [1.165, 1.54) is 16.5 Å². The summed E-state index contributed by atoms with van der Waals surface area (Å²) in [5.74, 6) is -0.229. The molecule has 1 aromatic rings. The van der Waals surface area contributed by atoms with E-state index in [1.807, 2.05) is 6.07 Å². The number of benzene rings is 1. The molecule has 1 aliphatic rings. The molecule has 0 atom stereocenters. The first kappa shape index (κ1) is 15.5. The minimum atomic E-state index is -0.229. The standard InChI is InChI=1S/C15H22BrN3O/c16-14-6-2-1-4-13(14)5-3-7-18-8-10-19(11-9-18)12-15(17)20/h1-2,4,6H,3,5,7-12H2,(H2,17,20). The second-order valence-corrected chi connectivity index (χ2v) is 6.13. The van der Waals surface area contributed by atoms with Crippen LogP contribution in [0.25, 0.3) is 0 Å². The van der Waals surface area contributed by atoms with Crippen molar-refractivity contribution in [2.75, 3.05) is 39.3 Å². The van der Waals surface area contributed by atoms with E-state index in [0.717, 1.165) is 39.1 Å². The molecule has 5 heteroatoms. The van der Waals surface area contributed by atoms with Gasteiger partial charge in [0.2, 0.25) is 5.91 Å². The van der Waals surface area contributed by atoms with Crippen molar-refractivity contribution in [3.05, 3.63) is 34.3 Å². The Hall–Kier alpha value is -0.910. The summed E-state index contributed by atoms with van der Waals surface area (Å²) in [6.45, 7) is 5.46. The second kappa shape index (κ2) is 7.76. The van der Waals surface area contributed by atoms with Gasteiger partial charge in [0.15, 0.2) is 0 Å². The van der Waals surface area contributed by atoms with Crippen LogP contribution in [0.4, 0.5) is 0 Å². The highest BCUT2D eigenvalue weighted by atomic mass is 79.9. The highest BCUT2D eigenvalue weighted by Gasteiger charge is 2.17. The molecule has 1 fully saturated rings. The van der Waals surface area contributed by atoms with Crippen molar-refractivity contribution in [1.82, 2.24) is 9.80 Å². The van der Waals surface area contributed by atoms with Gasteiger partial charge in [-0.2, -0.15) is 0 Å². The van der Waals surface area contributed by atoms with Gasteiger partial charge in [-0.15, -0.1) is 0 Å². The van der Waals surface area contributed by atoms with Gasteiger partial charge in [-0.3, -0.25) is 9.69 Å². The van der Waals surface area contributed by atoms with Gasteiger partial charge in [-0.25, -0.2) is 0 Å². The van der Waals surface area contributed by atoms with Crippen molar-refractivity contribution < 1.29 is 4.79 Å². The van der Waals surface area contributed by atoms with E-state index in [2.05, 4.69) is 43.9 Å². The summed E-state index contributed by atoms with van der Waals surface area (Å²) in [6.07, 6.45) is 2.27. The number of amides is 1. The van der Waals surface area contributed by atoms with Crippen LogP contribution in [-0.2, 0) is 11.2 Å². The maximum absolute atomic E-state index is 10.9. The van der Waals surface area contributed by atoms with Gasteiger partial charge in [0.1, 0.15) is 0 Å². The molecule has 0 radical (unpaired) electrons. The average Bonchev–Trinajstić information content (AvgIpc) is 2.42. The number of piperazine rings is 1. The number of primary amides is 1. The molecule has 1 aromatic carbocycles. The van der Waals surface area contributed by atoms with E-state index in [0.29, 0.717) is 6.54 Å². The fourth-order valence-corrected chi connectivity index (χ4v) is 3.07. The molecule has 110 valence electrons. The minimum absolute atomic E-state index is 0.229. The van der Waals surface area contributed by atoms with Crippen LogP contribution in [0.3, 0.4) is 0 Å². The smallest absolute Gasteiger partial charge is 0.231 e. The summed E-state index contributed by atoms with van der Waals surface area (Å²) >= 11 is 3.59. The number of aryl methyl sites for hydroxylation is 1. The number of halogens is 1. The van der Waals surface area contributed by atoms with Crippen molar-refractivity contribution >= 4 is 21.8 Å². The topological polar surface area (TPSA) is 49.6 Å². The van der Waals surface area contributed by atoms with Gasteiger partial charge in [-0.05, 0) is 31.0 Å². The highest BCUT2D eigenvalue weighted by Crippen LogP contribution is 2.17. The molecule has 1 saturated heterocycles. The molecule has 0 spiro atoms. The van der Waals surface area contributed by atoms with Gasteiger partial charge in [0.25, 0.3) is 0 Å². The fraction of sp³-hybridized carbons (Fsp3) is 0.533. The zero-order valence-corrected chi connectivity index (χ0v) is 13.3. The van der Waals surface area contributed by atoms with E-state index in [-0.39, 0.29) is 5.91 Å². The SMILES string of the molecule is NC(=O)CN1CCN(CCCc2ccccc2Br)CC1. The zero-order valence-electron chi connectivity index (χ0n) is 11.7. The summed E-state index contributed by atoms with van der Waals surface area (Å²) in [5, 5.41) is 0. The first-order valence-corrected chi connectivity index (χ1v) is 7.91. The monoisotopic (exact) mass is 339 g/mol. The molecular formula is C15H22BrN3O. The van der Waals surface area contributed by atoms with Gasteiger partial charge in [0, 0.05) is 30.7 Å².